The van der Waals surface area contributed by atoms with Crippen LogP contribution in [-0.2, 0) is 0 Å². The Morgan fingerprint density at radius 3 is 2.29 bits per heavy atom. The van der Waals surface area contributed by atoms with Crippen LogP contribution in [0.1, 0.15) is 11.3 Å². The Kier molecular flexibility index (Phi) is 4.97. The van der Waals surface area contributed by atoms with Gasteiger partial charge in [0.25, 0.3) is 0 Å². The van der Waals surface area contributed by atoms with E-state index in [1.54, 1.807) is 60.7 Å². The predicted octanol–water partition coefficient (Wildman–Crippen LogP) is 6.97. The zero-order valence-corrected chi connectivity index (χ0v) is 14.5. The van der Waals surface area contributed by atoms with Crippen molar-refractivity contribution in [1.29, 1.82) is 5.26 Å². The smallest absolute Gasteiger partial charge is 0.136 e. The van der Waals surface area contributed by atoms with Crippen LogP contribution >= 0.6 is 34.8 Å². The van der Waals surface area contributed by atoms with Gasteiger partial charge in [-0.1, -0.05) is 46.9 Å². The Hall–Kier alpha value is -2.18. The SMILES string of the molecule is N#C/C(=C\c1ccc(-c2ccc(Cl)cc2Cl)o1)c1ccc(Cl)cc1. The summed E-state index contributed by atoms with van der Waals surface area (Å²) in [5, 5.41) is 11.1. The van der Waals surface area contributed by atoms with Crippen molar-refractivity contribution in [3.8, 4) is 17.4 Å². The third-order valence-electron chi connectivity index (χ3n) is 3.39. The van der Waals surface area contributed by atoms with Crippen LogP contribution in [0, 0.1) is 11.3 Å². The molecule has 0 N–H and O–H groups in total. The number of nitriles is 1. The fourth-order valence-electron chi connectivity index (χ4n) is 2.22. The average molecular weight is 375 g/mol. The number of hydrogen-bond donors (Lipinski definition) is 0. The maximum absolute atomic E-state index is 9.38. The topological polar surface area (TPSA) is 36.9 Å². The summed E-state index contributed by atoms with van der Waals surface area (Å²) in [6.45, 7) is 0. The molecule has 0 bridgehead atoms. The molecule has 0 fully saturated rings. The largest absolute Gasteiger partial charge is 0.457 e. The minimum absolute atomic E-state index is 0.481. The molecule has 0 aliphatic rings. The van der Waals surface area contributed by atoms with Crippen molar-refractivity contribution < 1.29 is 4.42 Å². The summed E-state index contributed by atoms with van der Waals surface area (Å²) in [4.78, 5) is 0. The van der Waals surface area contributed by atoms with E-state index in [0.29, 0.717) is 32.2 Å². The van der Waals surface area contributed by atoms with Crippen molar-refractivity contribution in [3.63, 3.8) is 0 Å². The molecule has 1 heterocycles. The summed E-state index contributed by atoms with van der Waals surface area (Å²) in [6.07, 6.45) is 1.68. The first-order valence-corrected chi connectivity index (χ1v) is 8.13. The first kappa shape index (κ1) is 16.7. The molecule has 0 radical (unpaired) electrons. The summed E-state index contributed by atoms with van der Waals surface area (Å²) < 4.78 is 5.79. The zero-order valence-electron chi connectivity index (χ0n) is 12.3. The number of furan rings is 1. The molecule has 3 rings (SSSR count). The van der Waals surface area contributed by atoms with E-state index in [1.165, 1.54) is 0 Å². The summed E-state index contributed by atoms with van der Waals surface area (Å²) in [5.74, 6) is 1.17. The standard InChI is InChI=1S/C19H10Cl3NO/c20-14-3-1-12(2-4-14)13(11-23)9-16-6-8-19(24-16)17-7-5-15(21)10-18(17)22/h1-10H/b13-9+. The van der Waals surface area contributed by atoms with E-state index < -0.39 is 0 Å². The van der Waals surface area contributed by atoms with Gasteiger partial charge in [0.15, 0.2) is 0 Å². The highest BCUT2D eigenvalue weighted by molar-refractivity contribution is 6.36. The van der Waals surface area contributed by atoms with Gasteiger partial charge in [-0.2, -0.15) is 5.26 Å². The number of halogens is 3. The Morgan fingerprint density at radius 1 is 0.917 bits per heavy atom. The molecule has 0 unspecified atom stereocenters. The number of allylic oxidation sites excluding steroid dienone is 1. The molecule has 5 heteroatoms. The molecule has 0 atom stereocenters. The van der Waals surface area contributed by atoms with Crippen molar-refractivity contribution in [2.24, 2.45) is 0 Å². The van der Waals surface area contributed by atoms with Gasteiger partial charge < -0.3 is 4.42 Å². The van der Waals surface area contributed by atoms with Crippen LogP contribution < -0.4 is 0 Å². The molecular formula is C19H10Cl3NO. The second-order valence-electron chi connectivity index (χ2n) is 5.00. The summed E-state index contributed by atoms with van der Waals surface area (Å²) in [6, 6.07) is 18.0. The minimum Gasteiger partial charge on any atom is -0.457 e. The van der Waals surface area contributed by atoms with E-state index >= 15 is 0 Å². The van der Waals surface area contributed by atoms with Gasteiger partial charge in [0.1, 0.15) is 11.5 Å². The van der Waals surface area contributed by atoms with Crippen molar-refractivity contribution in [2.45, 2.75) is 0 Å². The molecule has 0 saturated heterocycles. The second kappa shape index (κ2) is 7.15. The first-order valence-electron chi connectivity index (χ1n) is 7.00. The quantitative estimate of drug-likeness (QED) is 0.464. The van der Waals surface area contributed by atoms with E-state index in [-0.39, 0.29) is 0 Å². The van der Waals surface area contributed by atoms with Gasteiger partial charge >= 0.3 is 0 Å². The fraction of sp³-hybridized carbons (Fsp3) is 0. The maximum Gasteiger partial charge on any atom is 0.136 e. The van der Waals surface area contributed by atoms with Gasteiger partial charge in [-0.05, 0) is 54.1 Å². The van der Waals surface area contributed by atoms with E-state index in [9.17, 15) is 5.26 Å². The highest BCUT2D eigenvalue weighted by Gasteiger charge is 2.09. The lowest BCUT2D eigenvalue weighted by Gasteiger charge is -2.01. The number of benzene rings is 2. The predicted molar refractivity (Wildman–Crippen MR) is 99.1 cm³/mol. The summed E-state index contributed by atoms with van der Waals surface area (Å²) in [7, 11) is 0. The molecule has 2 nitrogen and oxygen atoms in total. The van der Waals surface area contributed by atoms with Crippen molar-refractivity contribution >= 4 is 46.5 Å². The molecule has 0 saturated carbocycles. The summed E-state index contributed by atoms with van der Waals surface area (Å²) >= 11 is 18.0. The van der Waals surface area contributed by atoms with Gasteiger partial charge in [-0.15, -0.1) is 0 Å². The zero-order chi connectivity index (χ0) is 17.1. The van der Waals surface area contributed by atoms with Crippen LogP contribution in [0.25, 0.3) is 23.0 Å². The monoisotopic (exact) mass is 373 g/mol. The minimum atomic E-state index is 0.481. The Labute approximate surface area is 154 Å². The van der Waals surface area contributed by atoms with E-state index in [0.717, 1.165) is 11.1 Å². The molecule has 0 aliphatic carbocycles. The van der Waals surface area contributed by atoms with E-state index in [4.69, 9.17) is 39.2 Å². The Morgan fingerprint density at radius 2 is 1.62 bits per heavy atom. The van der Waals surface area contributed by atoms with Gasteiger partial charge in [0, 0.05) is 15.6 Å². The molecule has 24 heavy (non-hydrogen) atoms. The number of nitrogens with zero attached hydrogens (tertiary/aromatic N) is 1. The highest BCUT2D eigenvalue weighted by Crippen LogP contribution is 2.32. The molecule has 3 aromatic rings. The molecule has 1 aromatic heterocycles. The first-order chi connectivity index (χ1) is 11.6. The van der Waals surface area contributed by atoms with Crippen LogP contribution in [0.3, 0.4) is 0 Å². The summed E-state index contributed by atoms with van der Waals surface area (Å²) in [5.41, 5.74) is 1.99. The van der Waals surface area contributed by atoms with Gasteiger partial charge in [0.2, 0.25) is 0 Å². The Balaban J connectivity index is 1.95. The highest BCUT2D eigenvalue weighted by atomic mass is 35.5. The van der Waals surface area contributed by atoms with Crippen molar-refractivity contribution in [3.05, 3.63) is 81.0 Å². The molecule has 0 aliphatic heterocycles. The molecular weight excluding hydrogens is 365 g/mol. The van der Waals surface area contributed by atoms with Crippen molar-refractivity contribution in [1.82, 2.24) is 0 Å². The third-order valence-corrected chi connectivity index (χ3v) is 4.19. The second-order valence-corrected chi connectivity index (χ2v) is 6.28. The van der Waals surface area contributed by atoms with Crippen LogP contribution in [0.4, 0.5) is 0 Å². The van der Waals surface area contributed by atoms with Crippen LogP contribution in [0.2, 0.25) is 15.1 Å². The van der Waals surface area contributed by atoms with Crippen LogP contribution in [0.15, 0.2) is 59.0 Å². The molecule has 118 valence electrons. The lowest BCUT2D eigenvalue weighted by atomic mass is 10.1. The van der Waals surface area contributed by atoms with Crippen LogP contribution in [-0.4, -0.2) is 0 Å². The number of hydrogen-bond acceptors (Lipinski definition) is 2. The average Bonchev–Trinajstić information content (AvgIpc) is 3.02. The van der Waals surface area contributed by atoms with E-state index in [1.807, 2.05) is 0 Å². The van der Waals surface area contributed by atoms with Crippen molar-refractivity contribution in [2.75, 3.05) is 0 Å². The third kappa shape index (κ3) is 3.66. The van der Waals surface area contributed by atoms with Gasteiger partial charge in [-0.3, -0.25) is 0 Å². The lowest BCUT2D eigenvalue weighted by Crippen LogP contribution is -1.80. The molecule has 0 spiro atoms. The normalized spacial score (nSPS) is 11.3. The maximum atomic E-state index is 9.38. The molecule has 0 amide bonds. The van der Waals surface area contributed by atoms with Gasteiger partial charge in [-0.25, -0.2) is 0 Å². The number of rotatable bonds is 3. The fourth-order valence-corrected chi connectivity index (χ4v) is 2.84. The van der Waals surface area contributed by atoms with Gasteiger partial charge in [0.05, 0.1) is 16.7 Å². The lowest BCUT2D eigenvalue weighted by molar-refractivity contribution is 0.572. The van der Waals surface area contributed by atoms with E-state index in [2.05, 4.69) is 6.07 Å². The van der Waals surface area contributed by atoms with Crippen LogP contribution in [0.5, 0.6) is 0 Å². The Bertz CT molecular complexity index is 949. The molecule has 2 aromatic carbocycles.